The molecular formula is C22H22N2O5S. The number of aromatic nitrogens is 1. The number of nitrogens with one attached hydrogen (secondary N) is 1. The Morgan fingerprint density at radius 2 is 1.80 bits per heavy atom. The molecule has 0 saturated carbocycles. The van der Waals surface area contributed by atoms with E-state index < -0.39 is 0 Å². The number of nitrogens with zero attached hydrogens (tertiary/aromatic N) is 1. The van der Waals surface area contributed by atoms with E-state index in [-0.39, 0.29) is 5.91 Å². The van der Waals surface area contributed by atoms with E-state index in [1.165, 1.54) is 24.5 Å². The van der Waals surface area contributed by atoms with Crippen LogP contribution in [0.3, 0.4) is 0 Å². The maximum atomic E-state index is 12.5. The molecule has 0 bridgehead atoms. The number of benzene rings is 2. The van der Waals surface area contributed by atoms with Crippen LogP contribution in [0.4, 0.5) is 5.69 Å². The molecule has 0 aliphatic carbocycles. The SMILES string of the molecule is COc1cc(/C=C/C(=O)Nc2ccccc2OCc2cscn2)cc(OC)c1OC. The third-order valence-corrected chi connectivity index (χ3v) is 4.75. The normalized spacial score (nSPS) is 10.6. The van der Waals surface area contributed by atoms with Crippen LogP contribution in [0.15, 0.2) is 53.4 Å². The van der Waals surface area contributed by atoms with Crippen LogP contribution in [0.1, 0.15) is 11.3 Å². The number of hydrogen-bond donors (Lipinski definition) is 1. The Morgan fingerprint density at radius 3 is 2.43 bits per heavy atom. The summed E-state index contributed by atoms with van der Waals surface area (Å²) in [5.41, 5.74) is 3.89. The number of para-hydroxylation sites is 2. The van der Waals surface area contributed by atoms with Gasteiger partial charge >= 0.3 is 0 Å². The lowest BCUT2D eigenvalue weighted by Gasteiger charge is -2.13. The highest BCUT2D eigenvalue weighted by Gasteiger charge is 2.12. The van der Waals surface area contributed by atoms with Crippen LogP contribution in [0.25, 0.3) is 6.08 Å². The summed E-state index contributed by atoms with van der Waals surface area (Å²) in [5.74, 6) is 1.79. The molecule has 0 atom stereocenters. The topological polar surface area (TPSA) is 78.9 Å². The summed E-state index contributed by atoms with van der Waals surface area (Å²) in [6, 6.07) is 10.8. The number of carbonyl (C=O) groups is 1. The number of amides is 1. The molecular weight excluding hydrogens is 404 g/mol. The Bertz CT molecular complexity index is 993. The molecule has 8 heteroatoms. The second kappa shape index (κ2) is 10.3. The first-order chi connectivity index (χ1) is 14.6. The van der Waals surface area contributed by atoms with Crippen LogP contribution in [0.2, 0.25) is 0 Å². The number of thiazole rings is 1. The Morgan fingerprint density at radius 1 is 1.07 bits per heavy atom. The van der Waals surface area contributed by atoms with Gasteiger partial charge in [-0.2, -0.15) is 0 Å². The van der Waals surface area contributed by atoms with E-state index in [0.29, 0.717) is 35.3 Å². The zero-order valence-electron chi connectivity index (χ0n) is 16.9. The molecule has 1 heterocycles. The van der Waals surface area contributed by atoms with Crippen molar-refractivity contribution < 1.29 is 23.7 Å². The monoisotopic (exact) mass is 426 g/mol. The number of ether oxygens (including phenoxy) is 4. The second-order valence-corrected chi connectivity index (χ2v) is 6.76. The molecule has 1 aromatic heterocycles. The smallest absolute Gasteiger partial charge is 0.248 e. The van der Waals surface area contributed by atoms with Gasteiger partial charge in [-0.15, -0.1) is 11.3 Å². The van der Waals surface area contributed by atoms with E-state index in [2.05, 4.69) is 10.3 Å². The van der Waals surface area contributed by atoms with Gasteiger partial charge in [0.2, 0.25) is 11.7 Å². The number of carbonyl (C=O) groups excluding carboxylic acids is 1. The van der Waals surface area contributed by atoms with Gasteiger partial charge in [0.15, 0.2) is 11.5 Å². The fourth-order valence-electron chi connectivity index (χ4n) is 2.70. The molecule has 0 unspecified atom stereocenters. The zero-order chi connectivity index (χ0) is 21.3. The highest BCUT2D eigenvalue weighted by Crippen LogP contribution is 2.38. The van der Waals surface area contributed by atoms with Gasteiger partial charge in [0.05, 0.1) is 38.2 Å². The van der Waals surface area contributed by atoms with E-state index in [9.17, 15) is 4.79 Å². The third-order valence-electron chi connectivity index (χ3n) is 4.12. The molecule has 2 aromatic carbocycles. The minimum absolute atomic E-state index is 0.298. The predicted molar refractivity (Wildman–Crippen MR) is 117 cm³/mol. The molecule has 1 N–H and O–H groups in total. The van der Waals surface area contributed by atoms with Gasteiger partial charge in [0.1, 0.15) is 12.4 Å². The molecule has 0 radical (unpaired) electrons. The minimum Gasteiger partial charge on any atom is -0.493 e. The van der Waals surface area contributed by atoms with Crippen molar-refractivity contribution in [3.8, 4) is 23.0 Å². The molecule has 3 aromatic rings. The summed E-state index contributed by atoms with van der Waals surface area (Å²) >= 11 is 1.51. The maximum Gasteiger partial charge on any atom is 0.248 e. The Hall–Kier alpha value is -3.52. The third kappa shape index (κ3) is 5.30. The predicted octanol–water partition coefficient (Wildman–Crippen LogP) is 4.40. The summed E-state index contributed by atoms with van der Waals surface area (Å²) in [7, 11) is 4.62. The molecule has 0 saturated heterocycles. The fourth-order valence-corrected chi connectivity index (χ4v) is 3.24. The van der Waals surface area contributed by atoms with Gasteiger partial charge in [-0.25, -0.2) is 4.98 Å². The maximum absolute atomic E-state index is 12.5. The molecule has 0 aliphatic rings. The first-order valence-electron chi connectivity index (χ1n) is 9.02. The number of hydrogen-bond acceptors (Lipinski definition) is 7. The molecule has 7 nitrogen and oxygen atoms in total. The fraction of sp³-hybridized carbons (Fsp3) is 0.182. The molecule has 1 amide bonds. The van der Waals surface area contributed by atoms with Crippen LogP contribution in [0.5, 0.6) is 23.0 Å². The lowest BCUT2D eigenvalue weighted by atomic mass is 10.1. The van der Waals surface area contributed by atoms with Crippen molar-refractivity contribution in [1.29, 1.82) is 0 Å². The van der Waals surface area contributed by atoms with Gasteiger partial charge in [0, 0.05) is 11.5 Å². The van der Waals surface area contributed by atoms with Crippen LogP contribution in [0, 0.1) is 0 Å². The average molecular weight is 426 g/mol. The number of methoxy groups -OCH3 is 3. The van der Waals surface area contributed by atoms with Gasteiger partial charge in [-0.3, -0.25) is 4.79 Å². The quantitative estimate of drug-likeness (QED) is 0.511. The molecule has 30 heavy (non-hydrogen) atoms. The van der Waals surface area contributed by atoms with Gasteiger partial charge in [-0.1, -0.05) is 12.1 Å². The molecule has 0 aliphatic heterocycles. The standard InChI is InChI=1S/C22H22N2O5S/c1-26-19-10-15(11-20(27-2)22(19)28-3)8-9-21(25)24-17-6-4-5-7-18(17)29-12-16-13-30-14-23-16/h4-11,13-14H,12H2,1-3H3,(H,24,25)/b9-8+. The van der Waals surface area contributed by atoms with Crippen LogP contribution < -0.4 is 24.3 Å². The lowest BCUT2D eigenvalue weighted by molar-refractivity contribution is -0.111. The summed E-state index contributed by atoms with van der Waals surface area (Å²) < 4.78 is 21.8. The average Bonchev–Trinajstić information content (AvgIpc) is 3.30. The van der Waals surface area contributed by atoms with Gasteiger partial charge in [0.25, 0.3) is 0 Å². The van der Waals surface area contributed by atoms with Crippen molar-refractivity contribution in [2.24, 2.45) is 0 Å². The van der Waals surface area contributed by atoms with Crippen LogP contribution in [-0.2, 0) is 11.4 Å². The van der Waals surface area contributed by atoms with Crippen molar-refractivity contribution in [1.82, 2.24) is 4.98 Å². The lowest BCUT2D eigenvalue weighted by Crippen LogP contribution is -2.09. The molecule has 0 spiro atoms. The number of rotatable bonds is 9. The summed E-state index contributed by atoms with van der Waals surface area (Å²) in [6.07, 6.45) is 3.09. The Kier molecular flexibility index (Phi) is 7.29. The van der Waals surface area contributed by atoms with Crippen molar-refractivity contribution >= 4 is 29.0 Å². The largest absolute Gasteiger partial charge is 0.493 e. The van der Waals surface area contributed by atoms with Crippen molar-refractivity contribution in [3.05, 3.63) is 64.6 Å². The van der Waals surface area contributed by atoms with E-state index in [4.69, 9.17) is 18.9 Å². The van der Waals surface area contributed by atoms with Crippen molar-refractivity contribution in [2.45, 2.75) is 6.61 Å². The van der Waals surface area contributed by atoms with Crippen LogP contribution in [-0.4, -0.2) is 32.2 Å². The zero-order valence-corrected chi connectivity index (χ0v) is 17.7. The summed E-state index contributed by atoms with van der Waals surface area (Å²) in [4.78, 5) is 16.6. The van der Waals surface area contributed by atoms with E-state index in [1.54, 1.807) is 50.1 Å². The second-order valence-electron chi connectivity index (χ2n) is 6.05. The first-order valence-corrected chi connectivity index (χ1v) is 9.97. The van der Waals surface area contributed by atoms with Gasteiger partial charge < -0.3 is 24.3 Å². The highest BCUT2D eigenvalue weighted by molar-refractivity contribution is 7.07. The number of anilines is 1. The molecule has 0 fully saturated rings. The highest BCUT2D eigenvalue weighted by atomic mass is 32.1. The van der Waals surface area contributed by atoms with E-state index >= 15 is 0 Å². The summed E-state index contributed by atoms with van der Waals surface area (Å²) in [5, 5.41) is 4.75. The van der Waals surface area contributed by atoms with Crippen LogP contribution >= 0.6 is 11.3 Å². The molecule has 3 rings (SSSR count). The van der Waals surface area contributed by atoms with Crippen molar-refractivity contribution in [3.63, 3.8) is 0 Å². The Labute approximate surface area is 178 Å². The molecule has 156 valence electrons. The minimum atomic E-state index is -0.298. The summed E-state index contributed by atoms with van der Waals surface area (Å²) in [6.45, 7) is 0.331. The van der Waals surface area contributed by atoms with E-state index in [1.807, 2.05) is 17.5 Å². The first kappa shape index (κ1) is 21.2. The Balaban J connectivity index is 1.71. The van der Waals surface area contributed by atoms with Gasteiger partial charge in [-0.05, 0) is 35.9 Å². The van der Waals surface area contributed by atoms with Crippen molar-refractivity contribution in [2.75, 3.05) is 26.6 Å². The van der Waals surface area contributed by atoms with E-state index in [0.717, 1.165) is 11.3 Å².